The lowest BCUT2D eigenvalue weighted by Gasteiger charge is -2.24. The van der Waals surface area contributed by atoms with E-state index in [-0.39, 0.29) is 43.5 Å². The molecule has 8 heteroatoms. The van der Waals surface area contributed by atoms with Gasteiger partial charge >= 0.3 is 5.97 Å². The van der Waals surface area contributed by atoms with Crippen LogP contribution < -0.4 is 5.32 Å². The van der Waals surface area contributed by atoms with Gasteiger partial charge in [-0.2, -0.15) is 0 Å². The summed E-state index contributed by atoms with van der Waals surface area (Å²) in [5.74, 6) is -1.32. The highest BCUT2D eigenvalue weighted by Gasteiger charge is 2.35. The van der Waals surface area contributed by atoms with Crippen molar-refractivity contribution in [1.82, 2.24) is 15.2 Å². The zero-order chi connectivity index (χ0) is 26.7. The normalized spacial score (nSPS) is 15.5. The van der Waals surface area contributed by atoms with Crippen LogP contribution in [0.15, 0.2) is 85.2 Å². The van der Waals surface area contributed by atoms with Gasteiger partial charge in [-0.3, -0.25) is 19.4 Å². The molecule has 4 rings (SSSR count). The second-order valence-electron chi connectivity index (χ2n) is 9.26. The van der Waals surface area contributed by atoms with Gasteiger partial charge in [0, 0.05) is 43.8 Å². The molecule has 1 fully saturated rings. The number of carbonyl (C=O) groups excluding carboxylic acids is 4. The number of nitrogens with zero attached hydrogens (tertiary/aromatic N) is 2. The number of nitrogens with one attached hydrogen (secondary N) is 1. The molecule has 1 aromatic heterocycles. The van der Waals surface area contributed by atoms with E-state index in [0.717, 1.165) is 11.1 Å². The molecule has 0 radical (unpaired) electrons. The van der Waals surface area contributed by atoms with Gasteiger partial charge in [0.05, 0.1) is 6.04 Å². The SMILES string of the molecule is O=C(N[C@H](Cc1cccnc1)C(=O)CCC(=O)N1CCC[C@H]1C(=O)OCc1ccccc1)c1ccccc1. The molecule has 0 aliphatic carbocycles. The van der Waals surface area contributed by atoms with Crippen LogP contribution in [0, 0.1) is 0 Å². The average molecular weight is 514 g/mol. The van der Waals surface area contributed by atoms with E-state index in [1.165, 1.54) is 4.90 Å². The van der Waals surface area contributed by atoms with E-state index in [1.54, 1.807) is 42.7 Å². The molecule has 2 amide bonds. The molecule has 0 unspecified atom stereocenters. The standard InChI is InChI=1S/C30H31N3O5/c34-27(25(19-23-11-7-17-31-20-23)32-29(36)24-12-5-2-6-13-24)15-16-28(35)33-18-8-14-26(33)30(37)38-21-22-9-3-1-4-10-22/h1-7,9-13,17,20,25-26H,8,14-16,18-19,21H2,(H,32,36)/t25-,26+/m1/s1. The predicted octanol–water partition coefficient (Wildman–Crippen LogP) is 3.51. The number of Topliss-reactive ketones (excluding diaryl/α,β-unsaturated/α-hetero) is 1. The monoisotopic (exact) mass is 513 g/mol. The fourth-order valence-corrected chi connectivity index (χ4v) is 4.51. The van der Waals surface area contributed by atoms with Crippen molar-refractivity contribution in [3.05, 3.63) is 102 Å². The molecule has 1 N–H and O–H groups in total. The van der Waals surface area contributed by atoms with Gasteiger partial charge < -0.3 is 15.0 Å². The van der Waals surface area contributed by atoms with E-state index in [2.05, 4.69) is 10.3 Å². The Morgan fingerprint density at radius 2 is 1.63 bits per heavy atom. The van der Waals surface area contributed by atoms with Crippen LogP contribution in [0.1, 0.15) is 47.2 Å². The van der Waals surface area contributed by atoms with Crippen molar-refractivity contribution in [2.75, 3.05) is 6.54 Å². The topological polar surface area (TPSA) is 106 Å². The molecule has 3 aromatic rings. The first kappa shape index (κ1) is 26.7. The summed E-state index contributed by atoms with van der Waals surface area (Å²) >= 11 is 0. The molecule has 1 saturated heterocycles. The van der Waals surface area contributed by atoms with Crippen LogP contribution in [-0.2, 0) is 32.1 Å². The Morgan fingerprint density at radius 3 is 2.34 bits per heavy atom. The summed E-state index contributed by atoms with van der Waals surface area (Å²) in [6, 6.07) is 20.2. The van der Waals surface area contributed by atoms with Gasteiger partial charge in [-0.15, -0.1) is 0 Å². The minimum atomic E-state index is -0.815. The number of carbonyl (C=O) groups is 4. The van der Waals surface area contributed by atoms with E-state index in [4.69, 9.17) is 4.74 Å². The smallest absolute Gasteiger partial charge is 0.329 e. The third-order valence-electron chi connectivity index (χ3n) is 6.55. The van der Waals surface area contributed by atoms with E-state index in [1.807, 2.05) is 42.5 Å². The third-order valence-corrected chi connectivity index (χ3v) is 6.55. The van der Waals surface area contributed by atoms with Crippen LogP contribution in [-0.4, -0.2) is 52.1 Å². The largest absolute Gasteiger partial charge is 0.459 e. The quantitative estimate of drug-likeness (QED) is 0.394. The maximum absolute atomic E-state index is 13.2. The molecule has 0 spiro atoms. The highest BCUT2D eigenvalue weighted by atomic mass is 16.5. The van der Waals surface area contributed by atoms with Gasteiger partial charge in [-0.25, -0.2) is 4.79 Å². The molecular weight excluding hydrogens is 482 g/mol. The fourth-order valence-electron chi connectivity index (χ4n) is 4.51. The second kappa shape index (κ2) is 13.3. The van der Waals surface area contributed by atoms with Crippen molar-refractivity contribution < 1.29 is 23.9 Å². The Hall–Kier alpha value is -4.33. The van der Waals surface area contributed by atoms with Crippen molar-refractivity contribution in [2.45, 2.75) is 50.8 Å². The first-order valence-corrected chi connectivity index (χ1v) is 12.8. The molecule has 38 heavy (non-hydrogen) atoms. The van der Waals surface area contributed by atoms with Crippen LogP contribution >= 0.6 is 0 Å². The van der Waals surface area contributed by atoms with Gasteiger partial charge in [-0.05, 0) is 42.2 Å². The molecule has 1 aliphatic heterocycles. The third kappa shape index (κ3) is 7.35. The van der Waals surface area contributed by atoms with E-state index in [0.29, 0.717) is 24.9 Å². The van der Waals surface area contributed by atoms with Crippen LogP contribution in [0.2, 0.25) is 0 Å². The van der Waals surface area contributed by atoms with E-state index < -0.39 is 18.1 Å². The van der Waals surface area contributed by atoms with Crippen LogP contribution in [0.3, 0.4) is 0 Å². The van der Waals surface area contributed by atoms with E-state index in [9.17, 15) is 19.2 Å². The van der Waals surface area contributed by atoms with Gasteiger partial charge in [0.15, 0.2) is 5.78 Å². The number of esters is 1. The molecule has 2 aromatic carbocycles. The van der Waals surface area contributed by atoms with Crippen LogP contribution in [0.4, 0.5) is 0 Å². The molecule has 2 atom stereocenters. The molecule has 8 nitrogen and oxygen atoms in total. The van der Waals surface area contributed by atoms with Crippen molar-refractivity contribution in [3.63, 3.8) is 0 Å². The number of ether oxygens (including phenoxy) is 1. The summed E-state index contributed by atoms with van der Waals surface area (Å²) in [5, 5.41) is 2.82. The summed E-state index contributed by atoms with van der Waals surface area (Å²) in [4.78, 5) is 57.3. The summed E-state index contributed by atoms with van der Waals surface area (Å²) in [5.41, 5.74) is 2.12. The lowest BCUT2D eigenvalue weighted by Crippen LogP contribution is -2.44. The summed E-state index contributed by atoms with van der Waals surface area (Å²) < 4.78 is 5.46. The predicted molar refractivity (Wildman–Crippen MR) is 141 cm³/mol. The Balaban J connectivity index is 1.35. The minimum absolute atomic E-state index is 0.0496. The fraction of sp³-hybridized carbons (Fsp3) is 0.300. The van der Waals surface area contributed by atoms with Crippen molar-refractivity contribution in [2.24, 2.45) is 0 Å². The Bertz CT molecular complexity index is 1230. The Morgan fingerprint density at radius 1 is 0.921 bits per heavy atom. The number of benzene rings is 2. The number of hydrogen-bond donors (Lipinski definition) is 1. The van der Waals surface area contributed by atoms with Crippen molar-refractivity contribution in [1.29, 1.82) is 0 Å². The number of aromatic nitrogens is 1. The van der Waals surface area contributed by atoms with Gasteiger partial charge in [0.1, 0.15) is 12.6 Å². The lowest BCUT2D eigenvalue weighted by molar-refractivity contribution is -0.154. The zero-order valence-electron chi connectivity index (χ0n) is 21.1. The Kier molecular flexibility index (Phi) is 9.34. The minimum Gasteiger partial charge on any atom is -0.459 e. The molecule has 196 valence electrons. The summed E-state index contributed by atoms with van der Waals surface area (Å²) in [6.07, 6.45) is 4.67. The molecule has 0 saturated carbocycles. The highest BCUT2D eigenvalue weighted by molar-refractivity contribution is 5.98. The van der Waals surface area contributed by atoms with Crippen molar-refractivity contribution in [3.8, 4) is 0 Å². The van der Waals surface area contributed by atoms with Gasteiger partial charge in [-0.1, -0.05) is 54.6 Å². The van der Waals surface area contributed by atoms with Crippen LogP contribution in [0.25, 0.3) is 0 Å². The molecular formula is C30H31N3O5. The number of hydrogen-bond acceptors (Lipinski definition) is 6. The number of amides is 2. The number of pyridine rings is 1. The summed E-state index contributed by atoms with van der Waals surface area (Å²) in [7, 11) is 0. The first-order valence-electron chi connectivity index (χ1n) is 12.8. The van der Waals surface area contributed by atoms with Gasteiger partial charge in [0.2, 0.25) is 5.91 Å². The number of likely N-dealkylation sites (tertiary alicyclic amines) is 1. The first-order chi connectivity index (χ1) is 18.5. The number of rotatable bonds is 11. The summed E-state index contributed by atoms with van der Waals surface area (Å²) in [6.45, 7) is 0.593. The number of ketones is 1. The lowest BCUT2D eigenvalue weighted by atomic mass is 9.99. The highest BCUT2D eigenvalue weighted by Crippen LogP contribution is 2.21. The van der Waals surface area contributed by atoms with Gasteiger partial charge in [0.25, 0.3) is 5.91 Å². The Labute approximate surface area is 222 Å². The van der Waals surface area contributed by atoms with E-state index >= 15 is 0 Å². The average Bonchev–Trinajstić information content (AvgIpc) is 3.46. The van der Waals surface area contributed by atoms with Crippen molar-refractivity contribution >= 4 is 23.6 Å². The second-order valence-corrected chi connectivity index (χ2v) is 9.26. The molecule has 2 heterocycles. The molecule has 1 aliphatic rings. The maximum Gasteiger partial charge on any atom is 0.329 e. The molecule has 0 bridgehead atoms. The zero-order valence-corrected chi connectivity index (χ0v) is 21.1. The maximum atomic E-state index is 13.2. The van der Waals surface area contributed by atoms with Crippen LogP contribution in [0.5, 0.6) is 0 Å².